The van der Waals surface area contributed by atoms with Gasteiger partial charge in [-0.25, -0.2) is 13.4 Å². The van der Waals surface area contributed by atoms with E-state index in [1.165, 1.54) is 22.5 Å². The molecule has 1 amide bonds. The second-order valence-electron chi connectivity index (χ2n) is 9.26. The highest BCUT2D eigenvalue weighted by molar-refractivity contribution is 7.89. The zero-order valence-electron chi connectivity index (χ0n) is 20.1. The van der Waals surface area contributed by atoms with Crippen molar-refractivity contribution >= 4 is 39.0 Å². The molecule has 0 radical (unpaired) electrons. The van der Waals surface area contributed by atoms with Crippen molar-refractivity contribution in [1.29, 1.82) is 0 Å². The largest absolute Gasteiger partial charge is 0.369 e. The fourth-order valence-corrected chi connectivity index (χ4v) is 6.47. The molecule has 0 bridgehead atoms. The van der Waals surface area contributed by atoms with Gasteiger partial charge in [0, 0.05) is 63.5 Å². The number of carbonyl (C=O) groups is 1. The average molecular weight is 556 g/mol. The molecule has 3 aliphatic heterocycles. The lowest BCUT2D eigenvalue weighted by Crippen LogP contribution is -2.49. The summed E-state index contributed by atoms with van der Waals surface area (Å²) in [4.78, 5) is 19.7. The Labute approximate surface area is 219 Å². The van der Waals surface area contributed by atoms with Crippen LogP contribution < -0.4 is 15.1 Å². The number of ether oxygens (including phenoxy) is 1. The molecular formula is C24H28ClF2N5O4S. The number of morpholine rings is 1. The fraction of sp³-hybridized carbons (Fsp3) is 0.500. The van der Waals surface area contributed by atoms with Crippen molar-refractivity contribution in [3.63, 3.8) is 0 Å². The predicted molar refractivity (Wildman–Crippen MR) is 135 cm³/mol. The standard InChI is InChI=1S/C24H28ClF2N5O4S/c25-21-14-17(24(26,27)20-16-28-7-13-36-20)15-22(29-21)30-9-11-31(12-10-30)37(34,35)19-5-3-18(4-6-19)32-8-1-2-23(32)33/h3-6,14-15,20,28H,1-2,7-13,16H2/t20-/m1/s1. The molecule has 37 heavy (non-hydrogen) atoms. The predicted octanol–water partition coefficient (Wildman–Crippen LogP) is 2.45. The summed E-state index contributed by atoms with van der Waals surface area (Å²) in [6.07, 6.45) is -0.0317. The highest BCUT2D eigenvalue weighted by atomic mass is 35.5. The van der Waals surface area contributed by atoms with E-state index in [1.54, 1.807) is 21.9 Å². The summed E-state index contributed by atoms with van der Waals surface area (Å²) < 4.78 is 63.4. The third-order valence-electron chi connectivity index (χ3n) is 6.92. The molecule has 0 saturated carbocycles. The van der Waals surface area contributed by atoms with E-state index in [0.717, 1.165) is 12.5 Å². The molecule has 3 aliphatic rings. The van der Waals surface area contributed by atoms with Crippen LogP contribution in [-0.2, 0) is 25.5 Å². The van der Waals surface area contributed by atoms with E-state index in [4.69, 9.17) is 16.3 Å². The molecule has 4 heterocycles. The SMILES string of the molecule is O=C1CCCN1c1ccc(S(=O)(=O)N2CCN(c3cc(C(F)(F)[C@H]4CNCCO4)cc(Cl)n3)CC2)cc1. The van der Waals surface area contributed by atoms with E-state index in [0.29, 0.717) is 25.2 Å². The van der Waals surface area contributed by atoms with Crippen LogP contribution in [0.15, 0.2) is 41.3 Å². The third-order valence-corrected chi connectivity index (χ3v) is 9.03. The first kappa shape index (κ1) is 26.2. The molecule has 0 unspecified atom stereocenters. The van der Waals surface area contributed by atoms with Crippen LogP contribution in [0.2, 0.25) is 5.15 Å². The zero-order chi connectivity index (χ0) is 26.2. The van der Waals surface area contributed by atoms with Gasteiger partial charge in [0.2, 0.25) is 15.9 Å². The molecule has 3 fully saturated rings. The Morgan fingerprint density at radius 1 is 1.08 bits per heavy atom. The zero-order valence-corrected chi connectivity index (χ0v) is 21.6. The highest BCUT2D eigenvalue weighted by Gasteiger charge is 2.44. The number of hydrogen-bond donors (Lipinski definition) is 1. The van der Waals surface area contributed by atoms with E-state index in [2.05, 4.69) is 10.3 Å². The van der Waals surface area contributed by atoms with Crippen molar-refractivity contribution in [3.05, 3.63) is 47.1 Å². The minimum atomic E-state index is -3.76. The van der Waals surface area contributed by atoms with Gasteiger partial charge in [-0.2, -0.15) is 13.1 Å². The number of pyridine rings is 1. The molecule has 200 valence electrons. The van der Waals surface area contributed by atoms with Gasteiger partial charge in [-0.1, -0.05) is 11.6 Å². The Morgan fingerprint density at radius 2 is 1.81 bits per heavy atom. The molecular weight excluding hydrogens is 528 g/mol. The summed E-state index contributed by atoms with van der Waals surface area (Å²) in [6.45, 7) is 2.20. The van der Waals surface area contributed by atoms with Crippen LogP contribution in [0.3, 0.4) is 0 Å². The maximum atomic E-state index is 15.1. The van der Waals surface area contributed by atoms with Gasteiger partial charge in [0.05, 0.1) is 11.5 Å². The number of aromatic nitrogens is 1. The van der Waals surface area contributed by atoms with E-state index < -0.39 is 22.0 Å². The van der Waals surface area contributed by atoms with Gasteiger partial charge in [0.15, 0.2) is 0 Å². The first-order valence-corrected chi connectivity index (χ1v) is 14.0. The fourth-order valence-electron chi connectivity index (χ4n) is 4.85. The number of benzene rings is 1. The Morgan fingerprint density at radius 3 is 2.43 bits per heavy atom. The van der Waals surface area contributed by atoms with E-state index in [-0.39, 0.29) is 66.7 Å². The van der Waals surface area contributed by atoms with Crippen molar-refractivity contribution < 1.29 is 26.7 Å². The Hall–Kier alpha value is -2.38. The maximum Gasteiger partial charge on any atom is 0.300 e. The molecule has 13 heteroatoms. The number of sulfonamides is 1. The summed E-state index contributed by atoms with van der Waals surface area (Å²) in [5.74, 6) is -2.97. The summed E-state index contributed by atoms with van der Waals surface area (Å²) in [5, 5.41) is 2.84. The van der Waals surface area contributed by atoms with Crippen molar-refractivity contribution in [1.82, 2.24) is 14.6 Å². The number of alkyl halides is 2. The molecule has 1 aromatic heterocycles. The number of halogens is 3. The van der Waals surface area contributed by atoms with Gasteiger partial charge in [0.25, 0.3) is 5.92 Å². The molecule has 5 rings (SSSR count). The molecule has 0 spiro atoms. The maximum absolute atomic E-state index is 15.1. The quantitative estimate of drug-likeness (QED) is 0.547. The molecule has 9 nitrogen and oxygen atoms in total. The lowest BCUT2D eigenvalue weighted by atomic mass is 10.0. The van der Waals surface area contributed by atoms with Crippen LogP contribution in [0, 0.1) is 0 Å². The first-order valence-electron chi connectivity index (χ1n) is 12.2. The lowest BCUT2D eigenvalue weighted by Gasteiger charge is -2.35. The average Bonchev–Trinajstić information content (AvgIpc) is 3.34. The van der Waals surface area contributed by atoms with Crippen molar-refractivity contribution in [2.45, 2.75) is 29.8 Å². The number of nitrogens with zero attached hydrogens (tertiary/aromatic N) is 4. The summed E-state index contributed by atoms with van der Waals surface area (Å²) in [7, 11) is -3.76. The second kappa shape index (κ2) is 10.4. The number of anilines is 2. The van der Waals surface area contributed by atoms with Gasteiger partial charge in [-0.05, 0) is 42.8 Å². The molecule has 1 aromatic carbocycles. The minimum Gasteiger partial charge on any atom is -0.369 e. The second-order valence-corrected chi connectivity index (χ2v) is 11.6. The summed E-state index contributed by atoms with van der Waals surface area (Å²) >= 11 is 6.11. The minimum absolute atomic E-state index is 0.0220. The van der Waals surface area contributed by atoms with Crippen LogP contribution in [0.4, 0.5) is 20.3 Å². The summed E-state index contributed by atoms with van der Waals surface area (Å²) in [6, 6.07) is 8.76. The van der Waals surface area contributed by atoms with Crippen molar-refractivity contribution in [2.75, 3.05) is 62.2 Å². The number of rotatable bonds is 6. The normalized spacial score (nSPS) is 22.0. The molecule has 3 saturated heterocycles. The Balaban J connectivity index is 1.27. The highest BCUT2D eigenvalue weighted by Crippen LogP contribution is 2.37. The van der Waals surface area contributed by atoms with E-state index >= 15 is 8.78 Å². The first-order chi connectivity index (χ1) is 17.7. The van der Waals surface area contributed by atoms with E-state index in [1.807, 2.05) is 0 Å². The Kier molecular flexibility index (Phi) is 7.38. The van der Waals surface area contributed by atoms with Gasteiger partial charge in [0.1, 0.15) is 17.1 Å². The van der Waals surface area contributed by atoms with E-state index in [9.17, 15) is 13.2 Å². The van der Waals surface area contributed by atoms with Crippen LogP contribution in [0.1, 0.15) is 18.4 Å². The number of nitrogens with one attached hydrogen (secondary N) is 1. The third kappa shape index (κ3) is 5.30. The number of amides is 1. The molecule has 1 atom stereocenters. The van der Waals surface area contributed by atoms with Gasteiger partial charge >= 0.3 is 0 Å². The number of piperazine rings is 1. The lowest BCUT2D eigenvalue weighted by molar-refractivity contribution is -0.151. The van der Waals surface area contributed by atoms with Crippen molar-refractivity contribution in [3.8, 4) is 0 Å². The smallest absolute Gasteiger partial charge is 0.300 e. The van der Waals surface area contributed by atoms with Gasteiger partial charge in [-0.15, -0.1) is 0 Å². The van der Waals surface area contributed by atoms with Gasteiger partial charge in [-0.3, -0.25) is 4.79 Å². The van der Waals surface area contributed by atoms with Crippen molar-refractivity contribution in [2.24, 2.45) is 0 Å². The Bertz CT molecular complexity index is 1250. The number of carbonyl (C=O) groups excluding carboxylic acids is 1. The summed E-state index contributed by atoms with van der Waals surface area (Å²) in [5.41, 5.74) is 0.392. The van der Waals surface area contributed by atoms with Crippen LogP contribution in [-0.4, -0.2) is 82.1 Å². The molecule has 0 aliphatic carbocycles. The molecule has 2 aromatic rings. The number of hydrogen-bond acceptors (Lipinski definition) is 7. The molecule has 1 N–H and O–H groups in total. The van der Waals surface area contributed by atoms with Gasteiger partial charge < -0.3 is 19.9 Å². The van der Waals surface area contributed by atoms with Crippen LogP contribution in [0.5, 0.6) is 0 Å². The monoisotopic (exact) mass is 555 g/mol. The van der Waals surface area contributed by atoms with Crippen LogP contribution >= 0.6 is 11.6 Å². The van der Waals surface area contributed by atoms with Crippen LogP contribution in [0.25, 0.3) is 0 Å². The topological polar surface area (TPSA) is 95.1 Å².